The van der Waals surface area contributed by atoms with E-state index in [1.54, 1.807) is 0 Å². The lowest BCUT2D eigenvalue weighted by molar-refractivity contribution is 0.440. The van der Waals surface area contributed by atoms with Crippen molar-refractivity contribution < 1.29 is 0 Å². The third-order valence-electron chi connectivity index (χ3n) is 1.83. The predicted octanol–water partition coefficient (Wildman–Crippen LogP) is 2.36. The number of hydrogen-bond donors (Lipinski definition) is 1. The molecule has 1 rings (SSSR count). The fourth-order valence-electron chi connectivity index (χ4n) is 1.08. The Hall–Kier alpha value is -0.990. The van der Waals surface area contributed by atoms with E-state index in [4.69, 9.17) is 0 Å². The van der Waals surface area contributed by atoms with Crippen LogP contribution < -0.4 is 5.32 Å². The molecule has 13 heavy (non-hydrogen) atoms. The zero-order valence-corrected chi connectivity index (χ0v) is 8.96. The van der Waals surface area contributed by atoms with Crippen molar-refractivity contribution >= 4 is 5.95 Å². The minimum Gasteiger partial charge on any atom is -0.355 e. The van der Waals surface area contributed by atoms with Crippen molar-refractivity contribution in [2.24, 2.45) is 5.41 Å². The molecular weight excluding hydrogens is 162 g/mol. The highest BCUT2D eigenvalue weighted by Gasteiger charge is 2.10. The van der Waals surface area contributed by atoms with Crippen molar-refractivity contribution in [2.75, 3.05) is 11.9 Å². The average molecular weight is 181 g/mol. The monoisotopic (exact) mass is 181 g/mol. The van der Waals surface area contributed by atoms with Crippen molar-refractivity contribution in [1.29, 1.82) is 0 Å². The van der Waals surface area contributed by atoms with Gasteiger partial charge >= 0.3 is 0 Å². The maximum Gasteiger partial charge on any atom is 0.202 e. The van der Waals surface area contributed by atoms with Crippen LogP contribution in [0.2, 0.25) is 0 Å². The van der Waals surface area contributed by atoms with E-state index in [0.29, 0.717) is 5.41 Å². The molecular formula is C10H19N3. The van der Waals surface area contributed by atoms with Gasteiger partial charge in [-0.15, -0.1) is 0 Å². The number of nitrogens with zero attached hydrogens (tertiary/aromatic N) is 2. The first-order valence-corrected chi connectivity index (χ1v) is 4.78. The molecule has 0 saturated carbocycles. The standard InChI is InChI=1S/C10H19N3/c1-5-13-7-6-11-9(13)12-8-10(2,3)4/h6-7H,5,8H2,1-4H3,(H,11,12). The molecule has 1 aromatic rings. The van der Waals surface area contributed by atoms with Gasteiger partial charge in [-0.05, 0) is 12.3 Å². The molecule has 0 unspecified atom stereocenters. The molecule has 0 radical (unpaired) electrons. The minimum absolute atomic E-state index is 0.296. The Bertz CT molecular complexity index is 257. The number of rotatable bonds is 3. The molecule has 3 nitrogen and oxygen atoms in total. The van der Waals surface area contributed by atoms with E-state index in [2.05, 4.69) is 42.6 Å². The first-order valence-electron chi connectivity index (χ1n) is 4.78. The van der Waals surface area contributed by atoms with Gasteiger partial charge in [0.05, 0.1) is 0 Å². The molecule has 0 aliphatic rings. The van der Waals surface area contributed by atoms with Crippen molar-refractivity contribution in [2.45, 2.75) is 34.2 Å². The second kappa shape index (κ2) is 3.81. The Balaban J connectivity index is 2.54. The van der Waals surface area contributed by atoms with Crippen molar-refractivity contribution in [3.8, 4) is 0 Å². The van der Waals surface area contributed by atoms with Gasteiger partial charge in [-0.3, -0.25) is 0 Å². The van der Waals surface area contributed by atoms with Crippen LogP contribution >= 0.6 is 0 Å². The lowest BCUT2D eigenvalue weighted by Gasteiger charge is -2.19. The smallest absolute Gasteiger partial charge is 0.202 e. The normalized spacial score (nSPS) is 11.7. The first kappa shape index (κ1) is 10.1. The molecule has 0 spiro atoms. The minimum atomic E-state index is 0.296. The molecule has 0 fully saturated rings. The molecule has 0 atom stereocenters. The largest absolute Gasteiger partial charge is 0.355 e. The highest BCUT2D eigenvalue weighted by Crippen LogP contribution is 2.14. The summed E-state index contributed by atoms with van der Waals surface area (Å²) in [7, 11) is 0. The predicted molar refractivity (Wildman–Crippen MR) is 55.8 cm³/mol. The number of hydrogen-bond acceptors (Lipinski definition) is 2. The van der Waals surface area contributed by atoms with Gasteiger partial charge in [0, 0.05) is 25.5 Å². The third kappa shape index (κ3) is 3.09. The van der Waals surface area contributed by atoms with Gasteiger partial charge in [-0.1, -0.05) is 20.8 Å². The maximum atomic E-state index is 4.24. The van der Waals surface area contributed by atoms with Crippen LogP contribution in [0.4, 0.5) is 5.95 Å². The van der Waals surface area contributed by atoms with Crippen LogP contribution in [0.5, 0.6) is 0 Å². The van der Waals surface area contributed by atoms with Gasteiger partial charge in [0.15, 0.2) is 0 Å². The SMILES string of the molecule is CCn1ccnc1NCC(C)(C)C. The Labute approximate surface area is 80.2 Å². The van der Waals surface area contributed by atoms with Crippen LogP contribution in [0.3, 0.4) is 0 Å². The molecule has 1 heterocycles. The quantitative estimate of drug-likeness (QED) is 0.775. The fraction of sp³-hybridized carbons (Fsp3) is 0.700. The van der Waals surface area contributed by atoms with Crippen LogP contribution in [0.1, 0.15) is 27.7 Å². The van der Waals surface area contributed by atoms with Crippen LogP contribution in [0.25, 0.3) is 0 Å². The maximum absolute atomic E-state index is 4.24. The van der Waals surface area contributed by atoms with Gasteiger partial charge in [0.1, 0.15) is 0 Å². The number of aryl methyl sites for hydroxylation is 1. The van der Waals surface area contributed by atoms with E-state index in [0.717, 1.165) is 19.0 Å². The molecule has 1 aromatic heterocycles. The summed E-state index contributed by atoms with van der Waals surface area (Å²) in [5.74, 6) is 0.970. The number of imidazole rings is 1. The Kier molecular flexibility index (Phi) is 2.96. The van der Waals surface area contributed by atoms with Crippen molar-refractivity contribution in [3.05, 3.63) is 12.4 Å². The van der Waals surface area contributed by atoms with E-state index < -0.39 is 0 Å². The van der Waals surface area contributed by atoms with E-state index >= 15 is 0 Å². The van der Waals surface area contributed by atoms with Crippen LogP contribution in [-0.2, 0) is 6.54 Å². The van der Waals surface area contributed by atoms with E-state index in [9.17, 15) is 0 Å². The Morgan fingerprint density at radius 1 is 1.46 bits per heavy atom. The van der Waals surface area contributed by atoms with E-state index in [1.807, 2.05) is 12.4 Å². The molecule has 0 aliphatic carbocycles. The Morgan fingerprint density at radius 3 is 2.69 bits per heavy atom. The number of aromatic nitrogens is 2. The number of anilines is 1. The molecule has 0 aromatic carbocycles. The summed E-state index contributed by atoms with van der Waals surface area (Å²) in [6, 6.07) is 0. The summed E-state index contributed by atoms with van der Waals surface area (Å²) in [6.07, 6.45) is 3.82. The molecule has 0 saturated heterocycles. The topological polar surface area (TPSA) is 29.9 Å². The van der Waals surface area contributed by atoms with Gasteiger partial charge in [-0.25, -0.2) is 4.98 Å². The average Bonchev–Trinajstić information content (AvgIpc) is 2.46. The molecule has 0 bridgehead atoms. The Morgan fingerprint density at radius 2 is 2.15 bits per heavy atom. The highest BCUT2D eigenvalue weighted by molar-refractivity contribution is 5.25. The lowest BCUT2D eigenvalue weighted by atomic mass is 9.97. The molecule has 74 valence electrons. The summed E-state index contributed by atoms with van der Waals surface area (Å²) in [6.45, 7) is 10.7. The van der Waals surface area contributed by atoms with Crippen LogP contribution in [0, 0.1) is 5.41 Å². The fourth-order valence-corrected chi connectivity index (χ4v) is 1.08. The number of nitrogens with one attached hydrogen (secondary N) is 1. The summed E-state index contributed by atoms with van der Waals surface area (Å²) in [4.78, 5) is 4.24. The molecule has 0 aliphatic heterocycles. The van der Waals surface area contributed by atoms with Crippen molar-refractivity contribution in [1.82, 2.24) is 9.55 Å². The summed E-state index contributed by atoms with van der Waals surface area (Å²) in [5.41, 5.74) is 0.296. The summed E-state index contributed by atoms with van der Waals surface area (Å²) >= 11 is 0. The highest BCUT2D eigenvalue weighted by atomic mass is 15.2. The second-order valence-corrected chi connectivity index (χ2v) is 4.45. The lowest BCUT2D eigenvalue weighted by Crippen LogP contribution is -2.20. The van der Waals surface area contributed by atoms with Crippen LogP contribution in [0.15, 0.2) is 12.4 Å². The van der Waals surface area contributed by atoms with Crippen molar-refractivity contribution in [3.63, 3.8) is 0 Å². The van der Waals surface area contributed by atoms with Gasteiger partial charge < -0.3 is 9.88 Å². The third-order valence-corrected chi connectivity index (χ3v) is 1.83. The molecule has 3 heteroatoms. The summed E-state index contributed by atoms with van der Waals surface area (Å²) in [5, 5.41) is 3.34. The summed E-state index contributed by atoms with van der Waals surface area (Å²) < 4.78 is 2.10. The van der Waals surface area contributed by atoms with E-state index in [1.165, 1.54) is 0 Å². The zero-order chi connectivity index (χ0) is 9.90. The van der Waals surface area contributed by atoms with Gasteiger partial charge in [-0.2, -0.15) is 0 Å². The molecule has 1 N–H and O–H groups in total. The second-order valence-electron chi connectivity index (χ2n) is 4.45. The first-order chi connectivity index (χ1) is 6.03. The van der Waals surface area contributed by atoms with Gasteiger partial charge in [0.25, 0.3) is 0 Å². The zero-order valence-electron chi connectivity index (χ0n) is 8.96. The van der Waals surface area contributed by atoms with Gasteiger partial charge in [0.2, 0.25) is 5.95 Å². The molecule has 0 amide bonds. The van der Waals surface area contributed by atoms with E-state index in [-0.39, 0.29) is 0 Å². The van der Waals surface area contributed by atoms with Crippen LogP contribution in [-0.4, -0.2) is 16.1 Å².